The van der Waals surface area contributed by atoms with E-state index in [1.54, 1.807) is 23.1 Å². The number of carbonyl (C=O) groups excluding carboxylic acids is 1. The van der Waals surface area contributed by atoms with Crippen LogP contribution in [-0.2, 0) is 11.2 Å². The van der Waals surface area contributed by atoms with Gasteiger partial charge in [0.05, 0.1) is 24.0 Å². The summed E-state index contributed by atoms with van der Waals surface area (Å²) in [7, 11) is 0. The topological polar surface area (TPSA) is 73.0 Å². The number of hydrogen-bond acceptors (Lipinski definition) is 4. The van der Waals surface area contributed by atoms with Crippen LogP contribution in [-0.4, -0.2) is 20.8 Å². The summed E-state index contributed by atoms with van der Waals surface area (Å²) < 4.78 is 6.77. The van der Waals surface area contributed by atoms with Gasteiger partial charge in [-0.05, 0) is 20.8 Å². The molecule has 0 spiro atoms. The molecule has 2 rings (SSSR count). The fourth-order valence-electron chi connectivity index (χ4n) is 1.55. The molecular formula is C12H16N4O2. The van der Waals surface area contributed by atoms with E-state index in [0.717, 1.165) is 5.69 Å². The van der Waals surface area contributed by atoms with Crippen LogP contribution in [0.2, 0.25) is 0 Å². The zero-order valence-corrected chi connectivity index (χ0v) is 10.7. The number of anilines is 1. The average Bonchev–Trinajstić information content (AvgIpc) is 2.88. The molecule has 2 heterocycles. The first kappa shape index (κ1) is 12.3. The Kier molecular flexibility index (Phi) is 3.45. The Balaban J connectivity index is 1.94. The molecule has 0 saturated carbocycles. The fraction of sp³-hybridized carbons (Fsp3) is 0.417. The third kappa shape index (κ3) is 2.97. The van der Waals surface area contributed by atoms with Crippen LogP contribution in [0.1, 0.15) is 31.3 Å². The van der Waals surface area contributed by atoms with E-state index in [1.165, 1.54) is 0 Å². The maximum Gasteiger partial charge on any atom is 0.232 e. The fourth-order valence-corrected chi connectivity index (χ4v) is 1.55. The standard InChI is InChI=1S/C12H16N4O2/c1-8(2)16-7-10(6-13-16)14-12(17)5-11-4-9(3)15-18-11/h4,6-8H,5H2,1-3H3,(H,14,17). The smallest absolute Gasteiger partial charge is 0.232 e. The van der Waals surface area contributed by atoms with Crippen LogP contribution in [0.4, 0.5) is 5.69 Å². The lowest BCUT2D eigenvalue weighted by Crippen LogP contribution is -2.13. The minimum atomic E-state index is -0.144. The molecule has 0 aromatic carbocycles. The Morgan fingerprint density at radius 1 is 1.56 bits per heavy atom. The summed E-state index contributed by atoms with van der Waals surface area (Å²) in [5.41, 5.74) is 1.45. The van der Waals surface area contributed by atoms with Gasteiger partial charge in [-0.1, -0.05) is 5.16 Å². The van der Waals surface area contributed by atoms with Gasteiger partial charge in [-0.25, -0.2) is 0 Å². The van der Waals surface area contributed by atoms with Crippen molar-refractivity contribution in [2.45, 2.75) is 33.2 Å². The van der Waals surface area contributed by atoms with Gasteiger partial charge in [-0.15, -0.1) is 0 Å². The van der Waals surface area contributed by atoms with Crippen molar-refractivity contribution in [3.63, 3.8) is 0 Å². The van der Waals surface area contributed by atoms with Gasteiger partial charge >= 0.3 is 0 Å². The monoisotopic (exact) mass is 248 g/mol. The van der Waals surface area contributed by atoms with E-state index < -0.39 is 0 Å². The number of rotatable bonds is 4. The molecular weight excluding hydrogens is 232 g/mol. The Morgan fingerprint density at radius 3 is 2.89 bits per heavy atom. The molecule has 0 aliphatic rings. The maximum atomic E-state index is 11.7. The molecule has 0 aliphatic heterocycles. The predicted octanol–water partition coefficient (Wildman–Crippen LogP) is 1.94. The van der Waals surface area contributed by atoms with Gasteiger partial charge in [0.1, 0.15) is 5.76 Å². The zero-order valence-electron chi connectivity index (χ0n) is 10.7. The average molecular weight is 248 g/mol. The normalized spacial score (nSPS) is 10.9. The highest BCUT2D eigenvalue weighted by Crippen LogP contribution is 2.11. The van der Waals surface area contributed by atoms with Crippen molar-refractivity contribution in [1.29, 1.82) is 0 Å². The van der Waals surface area contributed by atoms with Gasteiger partial charge in [-0.2, -0.15) is 5.10 Å². The lowest BCUT2D eigenvalue weighted by atomic mass is 10.3. The van der Waals surface area contributed by atoms with Crippen LogP contribution >= 0.6 is 0 Å². The van der Waals surface area contributed by atoms with Gasteiger partial charge in [0.25, 0.3) is 0 Å². The van der Waals surface area contributed by atoms with E-state index in [1.807, 2.05) is 20.8 Å². The molecule has 96 valence electrons. The van der Waals surface area contributed by atoms with E-state index in [-0.39, 0.29) is 18.4 Å². The van der Waals surface area contributed by atoms with E-state index in [4.69, 9.17) is 4.52 Å². The summed E-state index contributed by atoms with van der Waals surface area (Å²) in [6, 6.07) is 2.02. The molecule has 0 radical (unpaired) electrons. The first-order valence-corrected chi connectivity index (χ1v) is 5.81. The predicted molar refractivity (Wildman–Crippen MR) is 66.2 cm³/mol. The second-order valence-corrected chi connectivity index (χ2v) is 4.46. The Morgan fingerprint density at radius 2 is 2.33 bits per heavy atom. The third-order valence-corrected chi connectivity index (χ3v) is 2.43. The number of hydrogen-bond donors (Lipinski definition) is 1. The van der Waals surface area contributed by atoms with Crippen LogP contribution in [0.15, 0.2) is 23.0 Å². The number of aromatic nitrogens is 3. The van der Waals surface area contributed by atoms with Crippen molar-refractivity contribution in [1.82, 2.24) is 14.9 Å². The molecule has 2 aromatic heterocycles. The van der Waals surface area contributed by atoms with Crippen molar-refractivity contribution in [3.05, 3.63) is 29.9 Å². The van der Waals surface area contributed by atoms with Crippen LogP contribution in [0.3, 0.4) is 0 Å². The molecule has 0 unspecified atom stereocenters. The van der Waals surface area contributed by atoms with E-state index >= 15 is 0 Å². The van der Waals surface area contributed by atoms with Crippen LogP contribution in [0.5, 0.6) is 0 Å². The first-order chi connectivity index (χ1) is 8.54. The van der Waals surface area contributed by atoms with Gasteiger partial charge in [-0.3, -0.25) is 9.48 Å². The van der Waals surface area contributed by atoms with Crippen molar-refractivity contribution < 1.29 is 9.32 Å². The molecule has 0 bridgehead atoms. The molecule has 0 saturated heterocycles. The summed E-state index contributed by atoms with van der Waals surface area (Å²) in [6.45, 7) is 5.86. The van der Waals surface area contributed by atoms with Gasteiger partial charge < -0.3 is 9.84 Å². The number of carbonyl (C=O) groups is 1. The first-order valence-electron chi connectivity index (χ1n) is 5.81. The molecule has 6 nitrogen and oxygen atoms in total. The molecule has 0 aliphatic carbocycles. The van der Waals surface area contributed by atoms with Crippen molar-refractivity contribution in [2.24, 2.45) is 0 Å². The SMILES string of the molecule is Cc1cc(CC(=O)Nc2cnn(C(C)C)c2)on1. The minimum absolute atomic E-state index is 0.144. The summed E-state index contributed by atoms with van der Waals surface area (Å²) >= 11 is 0. The van der Waals surface area contributed by atoms with Gasteiger partial charge in [0, 0.05) is 18.3 Å². The lowest BCUT2D eigenvalue weighted by molar-refractivity contribution is -0.115. The molecule has 1 amide bonds. The number of nitrogens with one attached hydrogen (secondary N) is 1. The Hall–Kier alpha value is -2.11. The van der Waals surface area contributed by atoms with E-state index in [0.29, 0.717) is 11.4 Å². The molecule has 2 aromatic rings. The molecule has 18 heavy (non-hydrogen) atoms. The summed E-state index contributed by atoms with van der Waals surface area (Å²) in [5, 5.41) is 10.6. The van der Waals surface area contributed by atoms with Crippen molar-refractivity contribution in [2.75, 3.05) is 5.32 Å². The Labute approximate surface area is 105 Å². The number of amides is 1. The maximum absolute atomic E-state index is 11.7. The molecule has 0 fully saturated rings. The van der Waals surface area contributed by atoms with Crippen molar-refractivity contribution in [3.8, 4) is 0 Å². The van der Waals surface area contributed by atoms with Gasteiger partial charge in [0.15, 0.2) is 0 Å². The number of aryl methyl sites for hydroxylation is 1. The third-order valence-electron chi connectivity index (χ3n) is 2.43. The van der Waals surface area contributed by atoms with Crippen LogP contribution in [0, 0.1) is 6.92 Å². The van der Waals surface area contributed by atoms with Crippen LogP contribution in [0.25, 0.3) is 0 Å². The minimum Gasteiger partial charge on any atom is -0.361 e. The van der Waals surface area contributed by atoms with Crippen LogP contribution < -0.4 is 5.32 Å². The highest BCUT2D eigenvalue weighted by molar-refractivity contribution is 5.91. The highest BCUT2D eigenvalue weighted by Gasteiger charge is 2.10. The van der Waals surface area contributed by atoms with Crippen molar-refractivity contribution >= 4 is 11.6 Å². The summed E-state index contributed by atoms with van der Waals surface area (Å²) in [4.78, 5) is 11.7. The van der Waals surface area contributed by atoms with E-state index in [9.17, 15) is 4.79 Å². The second kappa shape index (κ2) is 5.03. The lowest BCUT2D eigenvalue weighted by Gasteiger charge is -2.03. The molecule has 1 N–H and O–H groups in total. The Bertz CT molecular complexity index is 542. The highest BCUT2D eigenvalue weighted by atomic mass is 16.5. The second-order valence-electron chi connectivity index (χ2n) is 4.46. The summed E-state index contributed by atoms with van der Waals surface area (Å²) in [5.74, 6) is 0.413. The largest absolute Gasteiger partial charge is 0.361 e. The molecule has 6 heteroatoms. The quantitative estimate of drug-likeness (QED) is 0.897. The van der Waals surface area contributed by atoms with Gasteiger partial charge in [0.2, 0.25) is 5.91 Å². The zero-order chi connectivity index (χ0) is 13.1. The summed E-state index contributed by atoms with van der Waals surface area (Å²) in [6.07, 6.45) is 3.60. The molecule has 0 atom stereocenters. The van der Waals surface area contributed by atoms with E-state index in [2.05, 4.69) is 15.6 Å². The number of nitrogens with zero attached hydrogens (tertiary/aromatic N) is 3.